The van der Waals surface area contributed by atoms with Gasteiger partial charge >= 0.3 is 0 Å². The van der Waals surface area contributed by atoms with E-state index in [0.29, 0.717) is 11.1 Å². The molecular weight excluding hydrogens is 332 g/mol. The molecule has 0 aliphatic carbocycles. The molecule has 4 nitrogen and oxygen atoms in total. The van der Waals surface area contributed by atoms with E-state index in [4.69, 9.17) is 0 Å². The average molecular weight is 347 g/mol. The molecule has 0 radical (unpaired) electrons. The maximum Gasteiger partial charge on any atom is 0.271 e. The molecule has 0 bridgehead atoms. The Balaban J connectivity index is 2.10. The molecule has 21 heavy (non-hydrogen) atoms. The molecule has 0 saturated carbocycles. The third kappa shape index (κ3) is 4.16. The Morgan fingerprint density at radius 3 is 2.52 bits per heavy atom. The van der Waals surface area contributed by atoms with Crippen molar-refractivity contribution in [3.63, 3.8) is 0 Å². The number of aromatic hydroxyl groups is 1. The molecule has 108 valence electrons. The van der Waals surface area contributed by atoms with Gasteiger partial charge in [0.25, 0.3) is 5.91 Å². The smallest absolute Gasteiger partial charge is 0.271 e. The van der Waals surface area contributed by atoms with Gasteiger partial charge in [0.2, 0.25) is 0 Å². The standard InChI is InChI=1S/C16H15BrN2O2/c1-10-5-11(2)7-12(6-10)16(21)19-18-9-13-8-14(17)3-4-15(13)20/h3-9,20H,1-2H3,(H,19,21). The molecule has 0 spiro atoms. The van der Waals surface area contributed by atoms with E-state index in [1.165, 1.54) is 6.21 Å². The van der Waals surface area contributed by atoms with Crippen molar-refractivity contribution in [2.75, 3.05) is 0 Å². The zero-order valence-electron chi connectivity index (χ0n) is 11.7. The Morgan fingerprint density at radius 2 is 1.86 bits per heavy atom. The molecule has 2 N–H and O–H groups in total. The third-order valence-corrected chi connectivity index (χ3v) is 3.34. The molecule has 2 aromatic rings. The van der Waals surface area contributed by atoms with E-state index < -0.39 is 0 Å². The number of rotatable bonds is 3. The van der Waals surface area contributed by atoms with Crippen LogP contribution in [0.25, 0.3) is 0 Å². The summed E-state index contributed by atoms with van der Waals surface area (Å²) in [6.07, 6.45) is 1.40. The first-order valence-electron chi connectivity index (χ1n) is 6.36. The van der Waals surface area contributed by atoms with Crippen LogP contribution in [0.3, 0.4) is 0 Å². The van der Waals surface area contributed by atoms with Crippen LogP contribution in [0.1, 0.15) is 27.0 Å². The van der Waals surface area contributed by atoms with Crippen molar-refractivity contribution in [2.45, 2.75) is 13.8 Å². The Kier molecular flexibility index (Phi) is 4.75. The number of carbonyl (C=O) groups is 1. The normalized spacial score (nSPS) is 10.8. The van der Waals surface area contributed by atoms with Crippen molar-refractivity contribution in [2.24, 2.45) is 5.10 Å². The maximum absolute atomic E-state index is 12.0. The second-order valence-corrected chi connectivity index (χ2v) is 5.69. The van der Waals surface area contributed by atoms with E-state index >= 15 is 0 Å². The average Bonchev–Trinajstić information content (AvgIpc) is 2.41. The van der Waals surface area contributed by atoms with Gasteiger partial charge in [-0.3, -0.25) is 4.79 Å². The first-order valence-corrected chi connectivity index (χ1v) is 7.15. The Hall–Kier alpha value is -2.14. The molecule has 0 aliphatic heterocycles. The lowest BCUT2D eigenvalue weighted by atomic mass is 10.1. The van der Waals surface area contributed by atoms with Crippen molar-refractivity contribution in [1.29, 1.82) is 0 Å². The quantitative estimate of drug-likeness (QED) is 0.659. The summed E-state index contributed by atoms with van der Waals surface area (Å²) < 4.78 is 0.822. The predicted molar refractivity (Wildman–Crippen MR) is 86.8 cm³/mol. The number of carbonyl (C=O) groups excluding carboxylic acids is 1. The molecule has 5 heteroatoms. The van der Waals surface area contributed by atoms with Crippen molar-refractivity contribution in [1.82, 2.24) is 5.43 Å². The molecule has 0 aromatic heterocycles. The highest BCUT2D eigenvalue weighted by Crippen LogP contribution is 2.19. The van der Waals surface area contributed by atoms with E-state index in [-0.39, 0.29) is 11.7 Å². The van der Waals surface area contributed by atoms with Gasteiger partial charge in [-0.05, 0) is 44.2 Å². The zero-order valence-corrected chi connectivity index (χ0v) is 13.3. The van der Waals surface area contributed by atoms with Gasteiger partial charge in [0, 0.05) is 15.6 Å². The number of hydrogen-bond donors (Lipinski definition) is 2. The summed E-state index contributed by atoms with van der Waals surface area (Å²) in [6, 6.07) is 10.6. The summed E-state index contributed by atoms with van der Waals surface area (Å²) in [6.45, 7) is 3.87. The lowest BCUT2D eigenvalue weighted by Gasteiger charge is -2.03. The number of nitrogens with zero attached hydrogens (tertiary/aromatic N) is 1. The van der Waals surface area contributed by atoms with Gasteiger partial charge in [0.1, 0.15) is 5.75 Å². The minimum atomic E-state index is -0.285. The number of amides is 1. The number of phenols is 1. The van der Waals surface area contributed by atoms with Gasteiger partial charge in [-0.25, -0.2) is 5.43 Å². The molecule has 0 saturated heterocycles. The highest BCUT2D eigenvalue weighted by molar-refractivity contribution is 9.10. The van der Waals surface area contributed by atoms with Gasteiger partial charge < -0.3 is 5.11 Å². The molecule has 2 rings (SSSR count). The van der Waals surface area contributed by atoms with Crippen molar-refractivity contribution >= 4 is 28.1 Å². The molecule has 1 amide bonds. The van der Waals surface area contributed by atoms with Crippen LogP contribution >= 0.6 is 15.9 Å². The Morgan fingerprint density at radius 1 is 1.19 bits per heavy atom. The van der Waals surface area contributed by atoms with Crippen LogP contribution in [0, 0.1) is 13.8 Å². The molecule has 0 atom stereocenters. The second-order valence-electron chi connectivity index (χ2n) is 4.78. The highest BCUT2D eigenvalue weighted by atomic mass is 79.9. The van der Waals surface area contributed by atoms with E-state index in [2.05, 4.69) is 26.5 Å². The van der Waals surface area contributed by atoms with Gasteiger partial charge in [-0.2, -0.15) is 5.10 Å². The van der Waals surface area contributed by atoms with Crippen molar-refractivity contribution in [3.8, 4) is 5.75 Å². The fourth-order valence-corrected chi connectivity index (χ4v) is 2.34. The van der Waals surface area contributed by atoms with Crippen molar-refractivity contribution in [3.05, 3.63) is 63.1 Å². The Bertz CT molecular complexity index is 691. The molecular formula is C16H15BrN2O2. The number of phenolic OH excluding ortho intramolecular Hbond substituents is 1. The summed E-state index contributed by atoms with van der Waals surface area (Å²) in [5.74, 6) is -0.185. The highest BCUT2D eigenvalue weighted by Gasteiger charge is 2.05. The van der Waals surface area contributed by atoms with Crippen LogP contribution in [0.5, 0.6) is 5.75 Å². The van der Waals surface area contributed by atoms with E-state index in [0.717, 1.165) is 15.6 Å². The topological polar surface area (TPSA) is 61.7 Å². The summed E-state index contributed by atoms with van der Waals surface area (Å²) in [5.41, 5.74) is 5.57. The monoisotopic (exact) mass is 346 g/mol. The number of hydrazone groups is 1. The number of benzene rings is 2. The SMILES string of the molecule is Cc1cc(C)cc(C(=O)NN=Cc2cc(Br)ccc2O)c1. The van der Waals surface area contributed by atoms with Crippen LogP contribution in [0.15, 0.2) is 46.0 Å². The van der Waals surface area contributed by atoms with E-state index in [9.17, 15) is 9.90 Å². The van der Waals surface area contributed by atoms with Crippen LogP contribution in [0.4, 0.5) is 0 Å². The predicted octanol–water partition coefficient (Wildman–Crippen LogP) is 3.54. The van der Waals surface area contributed by atoms with Gasteiger partial charge in [0.15, 0.2) is 0 Å². The molecule has 0 fully saturated rings. The van der Waals surface area contributed by atoms with Gasteiger partial charge in [-0.15, -0.1) is 0 Å². The van der Waals surface area contributed by atoms with Crippen LogP contribution in [-0.2, 0) is 0 Å². The number of halogens is 1. The lowest BCUT2D eigenvalue weighted by Crippen LogP contribution is -2.17. The maximum atomic E-state index is 12.0. The fourth-order valence-electron chi connectivity index (χ4n) is 1.96. The number of hydrogen-bond acceptors (Lipinski definition) is 3. The number of nitrogens with one attached hydrogen (secondary N) is 1. The summed E-state index contributed by atoms with van der Waals surface area (Å²) in [4.78, 5) is 12.0. The minimum absolute atomic E-state index is 0.0996. The summed E-state index contributed by atoms with van der Waals surface area (Å²) in [7, 11) is 0. The first kappa shape index (κ1) is 15.3. The fraction of sp³-hybridized carbons (Fsp3) is 0.125. The van der Waals surface area contributed by atoms with Gasteiger partial charge in [0.05, 0.1) is 6.21 Å². The van der Waals surface area contributed by atoms with Gasteiger partial charge in [-0.1, -0.05) is 33.1 Å². The molecule has 0 unspecified atom stereocenters. The molecule has 2 aromatic carbocycles. The second kappa shape index (κ2) is 6.54. The summed E-state index contributed by atoms with van der Waals surface area (Å²) in [5, 5.41) is 13.5. The van der Waals surface area contributed by atoms with Crippen LogP contribution in [0.2, 0.25) is 0 Å². The van der Waals surface area contributed by atoms with E-state index in [1.54, 1.807) is 30.3 Å². The minimum Gasteiger partial charge on any atom is -0.507 e. The summed E-state index contributed by atoms with van der Waals surface area (Å²) >= 11 is 3.31. The molecule has 0 heterocycles. The number of aryl methyl sites for hydroxylation is 2. The third-order valence-electron chi connectivity index (χ3n) is 2.84. The lowest BCUT2D eigenvalue weighted by molar-refractivity contribution is 0.0955. The van der Waals surface area contributed by atoms with Crippen molar-refractivity contribution < 1.29 is 9.90 Å². The first-order chi connectivity index (χ1) is 9.95. The molecule has 0 aliphatic rings. The largest absolute Gasteiger partial charge is 0.507 e. The van der Waals surface area contributed by atoms with E-state index in [1.807, 2.05) is 19.9 Å². The Labute approximate surface area is 131 Å². The zero-order chi connectivity index (χ0) is 15.4. The van der Waals surface area contributed by atoms with Crippen LogP contribution < -0.4 is 5.43 Å². The van der Waals surface area contributed by atoms with Crippen LogP contribution in [-0.4, -0.2) is 17.2 Å².